The van der Waals surface area contributed by atoms with E-state index < -0.39 is 17.8 Å². The molecule has 2 unspecified atom stereocenters. The van der Waals surface area contributed by atoms with Crippen LogP contribution in [0.3, 0.4) is 0 Å². The van der Waals surface area contributed by atoms with Crippen molar-refractivity contribution in [2.45, 2.75) is 18.9 Å². The van der Waals surface area contributed by atoms with Gasteiger partial charge in [0, 0.05) is 27.5 Å². The van der Waals surface area contributed by atoms with Gasteiger partial charge in [0.2, 0.25) is 0 Å². The summed E-state index contributed by atoms with van der Waals surface area (Å²) in [7, 11) is 0. The fraction of sp³-hybridized carbons (Fsp3) is 0.250. The molecule has 2 atom stereocenters. The van der Waals surface area contributed by atoms with Gasteiger partial charge in [-0.2, -0.15) is 0 Å². The number of hydrogen-bond acceptors (Lipinski definition) is 2. The molecule has 2 rings (SSSR count). The van der Waals surface area contributed by atoms with Crippen LogP contribution >= 0.6 is 27.5 Å². The molecule has 0 bridgehead atoms. The maximum absolute atomic E-state index is 14.1. The highest BCUT2D eigenvalue weighted by molar-refractivity contribution is 9.10. The topological polar surface area (TPSA) is 46.2 Å². The van der Waals surface area contributed by atoms with Crippen LogP contribution in [0.15, 0.2) is 40.9 Å². The molecule has 2 nitrogen and oxygen atoms in total. The van der Waals surface area contributed by atoms with Gasteiger partial charge in [-0.25, -0.2) is 4.39 Å². The third kappa shape index (κ3) is 3.46. The summed E-state index contributed by atoms with van der Waals surface area (Å²) in [5, 5.41) is 10.9. The first-order valence-corrected chi connectivity index (χ1v) is 7.71. The highest BCUT2D eigenvalue weighted by Crippen LogP contribution is 2.38. The van der Waals surface area contributed by atoms with Crippen LogP contribution < -0.4 is 5.73 Å². The molecule has 0 saturated heterocycles. The van der Waals surface area contributed by atoms with Crippen molar-refractivity contribution in [2.75, 3.05) is 6.54 Å². The van der Waals surface area contributed by atoms with Gasteiger partial charge < -0.3 is 10.8 Å². The molecule has 0 saturated carbocycles. The lowest BCUT2D eigenvalue weighted by molar-refractivity contribution is 0.145. The molecule has 0 aliphatic heterocycles. The third-order valence-corrected chi connectivity index (χ3v) is 4.50. The number of halogens is 3. The quantitative estimate of drug-likeness (QED) is 0.839. The highest BCUT2D eigenvalue weighted by Gasteiger charge is 2.27. The number of aliphatic hydroxyl groups is 1. The lowest BCUT2D eigenvalue weighted by Crippen LogP contribution is -2.22. The smallest absolute Gasteiger partial charge is 0.128 e. The molecular weight excluding hydrogens is 357 g/mol. The first-order chi connectivity index (χ1) is 9.95. The summed E-state index contributed by atoms with van der Waals surface area (Å²) in [5.74, 6) is -1.07. The standard InChI is InChI=1S/C16H16BrClFNO/c1-9-5-6-10(12(17)7-9)16(21)11(8-20)15-13(18)3-2-4-14(15)19/h2-7,11,16,21H,8,20H2,1H3. The van der Waals surface area contributed by atoms with Crippen molar-refractivity contribution in [3.63, 3.8) is 0 Å². The van der Waals surface area contributed by atoms with E-state index in [2.05, 4.69) is 15.9 Å². The van der Waals surface area contributed by atoms with Crippen molar-refractivity contribution in [1.29, 1.82) is 0 Å². The van der Waals surface area contributed by atoms with Crippen LogP contribution in [0, 0.1) is 12.7 Å². The van der Waals surface area contributed by atoms with E-state index in [1.54, 1.807) is 6.07 Å². The molecule has 5 heteroatoms. The third-order valence-electron chi connectivity index (χ3n) is 3.48. The molecule has 0 heterocycles. The minimum atomic E-state index is -0.945. The van der Waals surface area contributed by atoms with Crippen LogP contribution in [-0.4, -0.2) is 11.7 Å². The minimum Gasteiger partial charge on any atom is -0.388 e. The van der Waals surface area contributed by atoms with E-state index in [0.29, 0.717) is 5.56 Å². The predicted molar refractivity (Wildman–Crippen MR) is 87.0 cm³/mol. The Balaban J connectivity index is 2.46. The zero-order valence-electron chi connectivity index (χ0n) is 11.5. The van der Waals surface area contributed by atoms with Crippen molar-refractivity contribution in [3.05, 3.63) is 68.4 Å². The second kappa shape index (κ2) is 6.88. The van der Waals surface area contributed by atoms with Gasteiger partial charge in [-0.1, -0.05) is 45.7 Å². The number of nitrogens with two attached hydrogens (primary N) is 1. The Hall–Kier alpha value is -0.940. The summed E-state index contributed by atoms with van der Waals surface area (Å²) >= 11 is 9.51. The molecule has 0 fully saturated rings. The van der Waals surface area contributed by atoms with E-state index in [1.165, 1.54) is 12.1 Å². The van der Waals surface area contributed by atoms with Gasteiger partial charge in [0.15, 0.2) is 0 Å². The van der Waals surface area contributed by atoms with E-state index in [4.69, 9.17) is 17.3 Å². The average molecular weight is 373 g/mol. The number of aliphatic hydroxyl groups excluding tert-OH is 1. The summed E-state index contributed by atoms with van der Waals surface area (Å²) in [4.78, 5) is 0. The van der Waals surface area contributed by atoms with Crippen LogP contribution in [0.4, 0.5) is 4.39 Å². The summed E-state index contributed by atoms with van der Waals surface area (Å²) in [6, 6.07) is 10.0. The van der Waals surface area contributed by atoms with E-state index in [1.807, 2.05) is 25.1 Å². The van der Waals surface area contributed by atoms with Crippen LogP contribution in [-0.2, 0) is 0 Å². The van der Waals surface area contributed by atoms with Crippen LogP contribution in [0.5, 0.6) is 0 Å². The van der Waals surface area contributed by atoms with Crippen LogP contribution in [0.25, 0.3) is 0 Å². The largest absolute Gasteiger partial charge is 0.388 e. The second-order valence-corrected chi connectivity index (χ2v) is 6.21. The zero-order valence-corrected chi connectivity index (χ0v) is 13.8. The molecule has 0 amide bonds. The number of aryl methyl sites for hydroxylation is 1. The fourth-order valence-electron chi connectivity index (χ4n) is 2.36. The van der Waals surface area contributed by atoms with Crippen molar-refractivity contribution in [3.8, 4) is 0 Å². The van der Waals surface area contributed by atoms with Gasteiger partial charge in [0.25, 0.3) is 0 Å². The van der Waals surface area contributed by atoms with Crippen molar-refractivity contribution in [1.82, 2.24) is 0 Å². The second-order valence-electron chi connectivity index (χ2n) is 4.95. The molecule has 2 aromatic rings. The summed E-state index contributed by atoms with van der Waals surface area (Å²) in [5.41, 5.74) is 7.74. The maximum atomic E-state index is 14.1. The van der Waals surface area contributed by atoms with Crippen molar-refractivity contribution < 1.29 is 9.50 Å². The Morgan fingerprint density at radius 1 is 1.33 bits per heavy atom. The first kappa shape index (κ1) is 16.4. The monoisotopic (exact) mass is 371 g/mol. The molecule has 112 valence electrons. The SMILES string of the molecule is Cc1ccc(C(O)C(CN)c2c(F)cccc2Cl)c(Br)c1. The molecule has 2 aromatic carbocycles. The summed E-state index contributed by atoms with van der Waals surface area (Å²) in [6.45, 7) is 2.04. The maximum Gasteiger partial charge on any atom is 0.128 e. The fourth-order valence-corrected chi connectivity index (χ4v) is 3.39. The first-order valence-electron chi connectivity index (χ1n) is 6.53. The summed E-state index contributed by atoms with van der Waals surface area (Å²) in [6.07, 6.45) is -0.945. The van der Waals surface area contributed by atoms with Gasteiger partial charge in [0.05, 0.1) is 6.10 Å². The van der Waals surface area contributed by atoms with E-state index in [-0.39, 0.29) is 17.1 Å². The number of benzene rings is 2. The van der Waals surface area contributed by atoms with E-state index >= 15 is 0 Å². The van der Waals surface area contributed by atoms with Gasteiger partial charge in [-0.3, -0.25) is 0 Å². The van der Waals surface area contributed by atoms with Crippen LogP contribution in [0.2, 0.25) is 5.02 Å². The molecule has 0 aliphatic carbocycles. The lowest BCUT2D eigenvalue weighted by atomic mass is 9.88. The Morgan fingerprint density at radius 3 is 2.62 bits per heavy atom. The van der Waals surface area contributed by atoms with E-state index in [0.717, 1.165) is 10.0 Å². The highest BCUT2D eigenvalue weighted by atomic mass is 79.9. The van der Waals surface area contributed by atoms with Gasteiger partial charge in [-0.05, 0) is 36.2 Å². The number of hydrogen-bond donors (Lipinski definition) is 2. The van der Waals surface area contributed by atoms with Crippen molar-refractivity contribution >= 4 is 27.5 Å². The Labute approximate surface area is 136 Å². The Morgan fingerprint density at radius 2 is 2.05 bits per heavy atom. The molecule has 0 radical (unpaired) electrons. The minimum absolute atomic E-state index is 0.0855. The number of rotatable bonds is 4. The molecule has 0 aromatic heterocycles. The molecule has 21 heavy (non-hydrogen) atoms. The Bertz CT molecular complexity index is 630. The zero-order chi connectivity index (χ0) is 15.6. The van der Waals surface area contributed by atoms with Gasteiger partial charge >= 0.3 is 0 Å². The molecular formula is C16H16BrClFNO. The summed E-state index contributed by atoms with van der Waals surface area (Å²) < 4.78 is 14.8. The van der Waals surface area contributed by atoms with Gasteiger partial charge in [0.1, 0.15) is 5.82 Å². The Kier molecular flexibility index (Phi) is 5.38. The molecule has 0 aliphatic rings. The van der Waals surface area contributed by atoms with Gasteiger partial charge in [-0.15, -0.1) is 0 Å². The van der Waals surface area contributed by atoms with E-state index in [9.17, 15) is 9.50 Å². The predicted octanol–water partition coefficient (Wildman–Crippen LogP) is 4.33. The lowest BCUT2D eigenvalue weighted by Gasteiger charge is -2.24. The van der Waals surface area contributed by atoms with Crippen molar-refractivity contribution in [2.24, 2.45) is 5.73 Å². The average Bonchev–Trinajstić information content (AvgIpc) is 2.42. The van der Waals surface area contributed by atoms with Crippen LogP contribution in [0.1, 0.15) is 28.7 Å². The molecule has 0 spiro atoms. The molecule has 3 N–H and O–H groups in total. The normalized spacial score (nSPS) is 14.0.